The molecule has 0 saturated carbocycles. The van der Waals surface area contributed by atoms with Gasteiger partial charge in [0.15, 0.2) is 11.5 Å². The number of para-hydroxylation sites is 1. The minimum Gasteiger partial charge on any atom is -0.457 e. The number of likely N-dealkylation sites (tertiary alicyclic amines) is 2. The summed E-state index contributed by atoms with van der Waals surface area (Å²) in [5.74, 6) is 0.315. The number of hydrogen-bond donors (Lipinski definition) is 2. The molecule has 60 heavy (non-hydrogen) atoms. The van der Waals surface area contributed by atoms with Gasteiger partial charge in [-0.3, -0.25) is 43.4 Å². The lowest BCUT2D eigenvalue weighted by Crippen LogP contribution is -2.61. The Balaban J connectivity index is 0.719. The first-order valence-corrected chi connectivity index (χ1v) is 20.8. The molecule has 0 radical (unpaired) electrons. The van der Waals surface area contributed by atoms with Crippen molar-refractivity contribution in [1.29, 1.82) is 0 Å². The summed E-state index contributed by atoms with van der Waals surface area (Å²) < 4.78 is 9.39. The predicted octanol–water partition coefficient (Wildman–Crippen LogP) is 3.60. The second-order valence-electron chi connectivity index (χ2n) is 16.6. The summed E-state index contributed by atoms with van der Waals surface area (Å²) in [5, 5.41) is 2.25. The standard InChI is InChI=1S/C44H46N10O6/c45-39-38-40(47-26-46-39)53(44(59)52(38)28-6-9-33(10-7-28)60-32-4-2-1-3-5-32)30-17-19-49(23-30)18-14-27-15-20-50(21-16-27)31-24-51(25-31)29-8-11-34-35(22-29)43(58)54(42(34)57)36-12-13-37(55)48-41(36)56/h1-11,22,26-27,30-31,36H,12-21,23-25H2,(H2,45,46,47)(H,48,55,56). The van der Waals surface area contributed by atoms with Gasteiger partial charge in [-0.05, 0) is 112 Å². The molecule has 0 aliphatic carbocycles. The monoisotopic (exact) mass is 810 g/mol. The molecule has 10 rings (SSSR count). The van der Waals surface area contributed by atoms with Gasteiger partial charge in [-0.2, -0.15) is 0 Å². The van der Waals surface area contributed by atoms with Crippen molar-refractivity contribution in [3.63, 3.8) is 0 Å². The first-order valence-electron chi connectivity index (χ1n) is 20.8. The van der Waals surface area contributed by atoms with Gasteiger partial charge in [-0.15, -0.1) is 0 Å². The maximum Gasteiger partial charge on any atom is 0.335 e. The van der Waals surface area contributed by atoms with Gasteiger partial charge in [0.2, 0.25) is 11.8 Å². The van der Waals surface area contributed by atoms with E-state index in [-0.39, 0.29) is 30.4 Å². The van der Waals surface area contributed by atoms with Crippen LogP contribution in [0.15, 0.2) is 83.9 Å². The average molecular weight is 811 g/mol. The number of fused-ring (bicyclic) bond motifs is 2. The number of anilines is 2. The fourth-order valence-electron chi connectivity index (χ4n) is 9.67. The number of carbonyl (C=O) groups excluding carboxylic acids is 4. The number of nitrogen functional groups attached to an aromatic ring is 1. The number of imidazole rings is 1. The number of nitrogens with zero attached hydrogens (tertiary/aromatic N) is 8. The van der Waals surface area contributed by atoms with Crippen LogP contribution in [0.3, 0.4) is 0 Å². The normalized spacial score (nSPS) is 21.8. The van der Waals surface area contributed by atoms with Crippen LogP contribution in [0.4, 0.5) is 11.5 Å². The smallest absolute Gasteiger partial charge is 0.335 e. The number of amides is 4. The summed E-state index contributed by atoms with van der Waals surface area (Å²) in [6.07, 6.45) is 5.88. The second-order valence-corrected chi connectivity index (χ2v) is 16.6. The number of imide groups is 2. The molecule has 0 bridgehead atoms. The molecule has 2 unspecified atom stereocenters. The molecule has 3 aromatic carbocycles. The van der Waals surface area contributed by atoms with E-state index >= 15 is 0 Å². The van der Waals surface area contributed by atoms with Crippen molar-refractivity contribution < 1.29 is 23.9 Å². The number of aromatic nitrogens is 4. The fraction of sp³-hybridized carbons (Fsp3) is 0.386. The minimum absolute atomic E-state index is 0.0341. The van der Waals surface area contributed by atoms with E-state index in [0.717, 1.165) is 87.8 Å². The maximum absolute atomic E-state index is 14.2. The molecule has 3 N–H and O–H groups in total. The Morgan fingerprint density at radius 3 is 2.25 bits per heavy atom. The van der Waals surface area contributed by atoms with Crippen molar-refractivity contribution in [3.8, 4) is 17.2 Å². The van der Waals surface area contributed by atoms with Crippen molar-refractivity contribution in [2.45, 2.75) is 56.7 Å². The van der Waals surface area contributed by atoms with Crippen molar-refractivity contribution in [2.75, 3.05) is 56.4 Å². The van der Waals surface area contributed by atoms with E-state index in [1.165, 1.54) is 6.33 Å². The Bertz CT molecular complexity index is 2560. The third-order valence-corrected chi connectivity index (χ3v) is 13.0. The Kier molecular flexibility index (Phi) is 9.67. The second kappa shape index (κ2) is 15.3. The Morgan fingerprint density at radius 1 is 0.750 bits per heavy atom. The van der Waals surface area contributed by atoms with Gasteiger partial charge < -0.3 is 20.3 Å². The molecule has 7 heterocycles. The summed E-state index contributed by atoms with van der Waals surface area (Å²) in [7, 11) is 0. The predicted molar refractivity (Wildman–Crippen MR) is 222 cm³/mol. The average Bonchev–Trinajstić information content (AvgIpc) is 3.90. The maximum atomic E-state index is 14.2. The molecule has 16 heteroatoms. The van der Waals surface area contributed by atoms with Gasteiger partial charge in [0, 0.05) is 44.3 Å². The van der Waals surface area contributed by atoms with E-state index in [9.17, 15) is 24.0 Å². The molecule has 5 aliphatic rings. The highest BCUT2D eigenvalue weighted by atomic mass is 16.5. The van der Waals surface area contributed by atoms with Gasteiger partial charge in [0.25, 0.3) is 11.8 Å². The lowest BCUT2D eigenvalue weighted by molar-refractivity contribution is -0.136. The van der Waals surface area contributed by atoms with Gasteiger partial charge >= 0.3 is 5.69 Å². The van der Waals surface area contributed by atoms with Crippen LogP contribution in [0.5, 0.6) is 11.5 Å². The van der Waals surface area contributed by atoms with E-state index in [0.29, 0.717) is 45.7 Å². The van der Waals surface area contributed by atoms with Crippen LogP contribution in [-0.2, 0) is 9.59 Å². The zero-order valence-electron chi connectivity index (χ0n) is 33.1. The topological polar surface area (TPSA) is 181 Å². The molecule has 16 nitrogen and oxygen atoms in total. The zero-order chi connectivity index (χ0) is 41.1. The lowest BCUT2D eigenvalue weighted by Gasteiger charge is -2.48. The number of nitrogens with one attached hydrogen (secondary N) is 1. The highest BCUT2D eigenvalue weighted by molar-refractivity contribution is 6.23. The SMILES string of the molecule is Nc1ncnc2c1n(-c1ccc(Oc3ccccc3)cc1)c(=O)n2C1CCN(CCC2CCN(C3CN(c4ccc5c(c4)C(=O)N(C4CCC(=O)NC4=O)C5=O)C3)CC2)C1. The molecule has 4 saturated heterocycles. The van der Waals surface area contributed by atoms with Crippen LogP contribution >= 0.6 is 0 Å². The fourth-order valence-corrected chi connectivity index (χ4v) is 9.67. The summed E-state index contributed by atoms with van der Waals surface area (Å²) in [6, 6.07) is 21.7. The van der Waals surface area contributed by atoms with E-state index in [1.54, 1.807) is 21.3 Å². The van der Waals surface area contributed by atoms with Crippen molar-refractivity contribution in [3.05, 3.63) is 101 Å². The van der Waals surface area contributed by atoms with E-state index in [2.05, 4.69) is 30.0 Å². The van der Waals surface area contributed by atoms with Gasteiger partial charge in [-0.25, -0.2) is 14.8 Å². The van der Waals surface area contributed by atoms with Crippen LogP contribution in [-0.4, -0.2) is 115 Å². The molecule has 5 aromatic rings. The van der Waals surface area contributed by atoms with E-state index in [4.69, 9.17) is 10.5 Å². The van der Waals surface area contributed by atoms with Gasteiger partial charge in [-0.1, -0.05) is 18.2 Å². The summed E-state index contributed by atoms with van der Waals surface area (Å²) in [6.45, 7) is 6.42. The van der Waals surface area contributed by atoms with Crippen molar-refractivity contribution >= 4 is 46.3 Å². The summed E-state index contributed by atoms with van der Waals surface area (Å²) in [5.41, 5.74) is 9.43. The number of rotatable bonds is 10. The van der Waals surface area contributed by atoms with E-state index in [1.807, 2.05) is 60.7 Å². The van der Waals surface area contributed by atoms with Crippen LogP contribution in [0.2, 0.25) is 0 Å². The van der Waals surface area contributed by atoms with Crippen LogP contribution in [0.25, 0.3) is 16.9 Å². The summed E-state index contributed by atoms with van der Waals surface area (Å²) >= 11 is 0. The number of nitrogens with two attached hydrogens (primary N) is 1. The first kappa shape index (κ1) is 37.9. The van der Waals surface area contributed by atoms with Crippen LogP contribution < -0.4 is 26.4 Å². The number of piperidine rings is 2. The third kappa shape index (κ3) is 6.78. The first-order chi connectivity index (χ1) is 29.2. The van der Waals surface area contributed by atoms with Gasteiger partial charge in [0.05, 0.1) is 22.9 Å². The van der Waals surface area contributed by atoms with Gasteiger partial charge in [0.1, 0.15) is 29.4 Å². The molecule has 4 fully saturated rings. The van der Waals surface area contributed by atoms with Crippen molar-refractivity contribution in [2.24, 2.45) is 5.92 Å². The Morgan fingerprint density at radius 2 is 1.48 bits per heavy atom. The zero-order valence-corrected chi connectivity index (χ0v) is 33.1. The molecule has 0 spiro atoms. The molecular formula is C44H46N10O6. The molecule has 4 amide bonds. The van der Waals surface area contributed by atoms with Crippen molar-refractivity contribution in [1.82, 2.24) is 39.1 Å². The molecule has 308 valence electrons. The third-order valence-electron chi connectivity index (χ3n) is 13.0. The quantitative estimate of drug-likeness (QED) is 0.196. The summed E-state index contributed by atoms with van der Waals surface area (Å²) in [4.78, 5) is 81.8. The molecule has 2 aromatic heterocycles. The Labute approximate surface area is 345 Å². The number of hydrogen-bond acceptors (Lipinski definition) is 12. The number of carbonyl (C=O) groups is 4. The highest BCUT2D eigenvalue weighted by Crippen LogP contribution is 2.35. The lowest BCUT2D eigenvalue weighted by atomic mass is 9.91. The highest BCUT2D eigenvalue weighted by Gasteiger charge is 2.45. The van der Waals surface area contributed by atoms with E-state index < -0.39 is 29.7 Å². The molecule has 5 aliphatic heterocycles. The van der Waals surface area contributed by atoms with Crippen LogP contribution in [0.1, 0.15) is 65.3 Å². The van der Waals surface area contributed by atoms with Crippen LogP contribution in [0, 0.1) is 5.92 Å². The Hall–Kier alpha value is -6.39. The largest absolute Gasteiger partial charge is 0.457 e. The number of ether oxygens (including phenoxy) is 1. The minimum atomic E-state index is -0.972. The number of benzene rings is 3. The molecular weight excluding hydrogens is 765 g/mol. The molecule has 2 atom stereocenters.